The van der Waals surface area contributed by atoms with Crippen LogP contribution in [0.15, 0.2) is 69.8 Å². The van der Waals surface area contributed by atoms with Crippen molar-refractivity contribution >= 4 is 28.9 Å². The van der Waals surface area contributed by atoms with Crippen LogP contribution in [0.3, 0.4) is 0 Å². The number of anilines is 1. The fourth-order valence-corrected chi connectivity index (χ4v) is 2.61. The Hall–Kier alpha value is -3.67. The normalized spacial score (nSPS) is 11.3. The summed E-state index contributed by atoms with van der Waals surface area (Å²) in [6.45, 7) is 1.91. The molecule has 0 atom stereocenters. The molecule has 0 radical (unpaired) electrons. The Morgan fingerprint density at radius 1 is 1.15 bits per heavy atom. The summed E-state index contributed by atoms with van der Waals surface area (Å²) < 4.78 is 10.9. The summed E-state index contributed by atoms with van der Waals surface area (Å²) in [4.78, 5) is 20.8. The monoisotopic (exact) mass is 345 g/mol. The van der Waals surface area contributed by atoms with Gasteiger partial charge in [-0.05, 0) is 55.0 Å². The van der Waals surface area contributed by atoms with E-state index in [2.05, 4.69) is 15.3 Å². The fraction of sp³-hybridized carbons (Fsp3) is 0.0500. The predicted molar refractivity (Wildman–Crippen MR) is 98.3 cm³/mol. The standard InChI is InChI=1S/C20H15N3O3/c1-13-15(20-23-19-17(26-20)8-3-11-21-19)6-2-7-16(13)22-18(24)10-9-14-5-4-12-25-14/h2-12H,1H3,(H,22,24). The molecule has 0 aliphatic carbocycles. The van der Waals surface area contributed by atoms with Crippen LogP contribution < -0.4 is 5.32 Å². The molecule has 4 aromatic rings. The van der Waals surface area contributed by atoms with Gasteiger partial charge < -0.3 is 14.2 Å². The van der Waals surface area contributed by atoms with Crippen LogP contribution in [0.25, 0.3) is 28.8 Å². The number of furan rings is 1. The van der Waals surface area contributed by atoms with E-state index >= 15 is 0 Å². The molecule has 0 aliphatic heterocycles. The number of carbonyl (C=O) groups is 1. The Morgan fingerprint density at radius 3 is 2.88 bits per heavy atom. The van der Waals surface area contributed by atoms with E-state index in [-0.39, 0.29) is 5.91 Å². The molecule has 3 heterocycles. The van der Waals surface area contributed by atoms with Gasteiger partial charge in [0.2, 0.25) is 11.8 Å². The molecule has 6 nitrogen and oxygen atoms in total. The quantitative estimate of drug-likeness (QED) is 0.553. The van der Waals surface area contributed by atoms with Gasteiger partial charge in [0.25, 0.3) is 0 Å². The smallest absolute Gasteiger partial charge is 0.248 e. The van der Waals surface area contributed by atoms with Gasteiger partial charge in [-0.2, -0.15) is 4.98 Å². The van der Waals surface area contributed by atoms with Crippen molar-refractivity contribution in [2.75, 3.05) is 5.32 Å². The van der Waals surface area contributed by atoms with Gasteiger partial charge in [0.15, 0.2) is 11.2 Å². The first-order valence-corrected chi connectivity index (χ1v) is 8.05. The first kappa shape index (κ1) is 15.8. The van der Waals surface area contributed by atoms with Crippen LogP contribution in [0.5, 0.6) is 0 Å². The zero-order valence-electron chi connectivity index (χ0n) is 14.0. The lowest BCUT2D eigenvalue weighted by Gasteiger charge is -2.09. The van der Waals surface area contributed by atoms with Crippen molar-refractivity contribution in [1.29, 1.82) is 0 Å². The largest absolute Gasteiger partial charge is 0.465 e. The number of fused-ring (bicyclic) bond motifs is 1. The molecule has 0 saturated carbocycles. The molecule has 6 heteroatoms. The third-order valence-electron chi connectivity index (χ3n) is 3.93. The number of hydrogen-bond donors (Lipinski definition) is 1. The molecule has 0 fully saturated rings. The van der Waals surface area contributed by atoms with Gasteiger partial charge in [0.1, 0.15) is 5.76 Å². The van der Waals surface area contributed by atoms with E-state index in [1.54, 1.807) is 36.7 Å². The molecule has 1 N–H and O–H groups in total. The number of oxazole rings is 1. The highest BCUT2D eigenvalue weighted by Crippen LogP contribution is 2.29. The summed E-state index contributed by atoms with van der Waals surface area (Å²) in [5.74, 6) is 0.837. The molecule has 0 unspecified atom stereocenters. The summed E-state index contributed by atoms with van der Waals surface area (Å²) >= 11 is 0. The van der Waals surface area contributed by atoms with Gasteiger partial charge >= 0.3 is 0 Å². The topological polar surface area (TPSA) is 81.2 Å². The van der Waals surface area contributed by atoms with Crippen LogP contribution in [0.4, 0.5) is 5.69 Å². The van der Waals surface area contributed by atoms with Crippen molar-refractivity contribution in [3.8, 4) is 11.5 Å². The molecule has 3 aromatic heterocycles. The predicted octanol–water partition coefficient (Wildman–Crippen LogP) is 4.44. The van der Waals surface area contributed by atoms with E-state index in [9.17, 15) is 4.79 Å². The molecule has 0 saturated heterocycles. The highest BCUT2D eigenvalue weighted by molar-refractivity contribution is 6.02. The number of hydrogen-bond acceptors (Lipinski definition) is 5. The van der Waals surface area contributed by atoms with Gasteiger partial charge in [-0.1, -0.05) is 6.07 Å². The highest BCUT2D eigenvalue weighted by atomic mass is 16.3. The van der Waals surface area contributed by atoms with Crippen LogP contribution in [-0.2, 0) is 4.79 Å². The lowest BCUT2D eigenvalue weighted by Crippen LogP contribution is -2.09. The minimum atomic E-state index is -0.249. The summed E-state index contributed by atoms with van der Waals surface area (Å²) in [5.41, 5.74) is 3.52. The Balaban J connectivity index is 1.60. The third kappa shape index (κ3) is 3.12. The molecule has 128 valence electrons. The van der Waals surface area contributed by atoms with Gasteiger partial charge in [-0.3, -0.25) is 4.79 Å². The second-order valence-electron chi connectivity index (χ2n) is 5.66. The van der Waals surface area contributed by atoms with Crippen molar-refractivity contribution in [3.05, 3.63) is 72.3 Å². The Morgan fingerprint density at radius 2 is 2.08 bits per heavy atom. The van der Waals surface area contributed by atoms with Crippen LogP contribution >= 0.6 is 0 Å². The SMILES string of the molecule is Cc1c(NC(=O)C=Cc2ccco2)cccc1-c1nc2ncccc2o1. The van der Waals surface area contributed by atoms with E-state index in [1.807, 2.05) is 31.2 Å². The average Bonchev–Trinajstić information content (AvgIpc) is 3.31. The Bertz CT molecular complexity index is 1060. The molecule has 0 bridgehead atoms. The minimum absolute atomic E-state index is 0.249. The molecule has 4 rings (SSSR count). The van der Waals surface area contributed by atoms with Crippen molar-refractivity contribution in [2.24, 2.45) is 0 Å². The zero-order valence-corrected chi connectivity index (χ0v) is 14.0. The molecule has 0 aliphatic rings. The molecule has 1 aromatic carbocycles. The van der Waals surface area contributed by atoms with Crippen molar-refractivity contribution in [2.45, 2.75) is 6.92 Å². The minimum Gasteiger partial charge on any atom is -0.465 e. The fourth-order valence-electron chi connectivity index (χ4n) is 2.61. The number of pyridine rings is 1. The number of amides is 1. The van der Waals surface area contributed by atoms with E-state index in [1.165, 1.54) is 6.08 Å². The number of nitrogens with zero attached hydrogens (tertiary/aromatic N) is 2. The van der Waals surface area contributed by atoms with Gasteiger partial charge in [0, 0.05) is 23.5 Å². The van der Waals surface area contributed by atoms with Gasteiger partial charge in [0.05, 0.1) is 6.26 Å². The van der Waals surface area contributed by atoms with Crippen LogP contribution in [0.2, 0.25) is 0 Å². The summed E-state index contributed by atoms with van der Waals surface area (Å²) in [6, 6.07) is 12.7. The van der Waals surface area contributed by atoms with E-state index in [0.29, 0.717) is 28.6 Å². The lowest BCUT2D eigenvalue weighted by molar-refractivity contribution is -0.111. The summed E-state index contributed by atoms with van der Waals surface area (Å²) in [7, 11) is 0. The Kier molecular flexibility index (Phi) is 4.07. The lowest BCUT2D eigenvalue weighted by atomic mass is 10.1. The van der Waals surface area contributed by atoms with Crippen molar-refractivity contribution in [3.63, 3.8) is 0 Å². The molecule has 0 spiro atoms. The van der Waals surface area contributed by atoms with Gasteiger partial charge in [-0.15, -0.1) is 0 Å². The first-order valence-electron chi connectivity index (χ1n) is 8.05. The van der Waals surface area contributed by atoms with Crippen LogP contribution in [-0.4, -0.2) is 15.9 Å². The van der Waals surface area contributed by atoms with Crippen molar-refractivity contribution in [1.82, 2.24) is 9.97 Å². The third-order valence-corrected chi connectivity index (χ3v) is 3.93. The molecule has 1 amide bonds. The summed E-state index contributed by atoms with van der Waals surface area (Å²) in [6.07, 6.45) is 6.26. The van der Waals surface area contributed by atoms with Crippen LogP contribution in [0.1, 0.15) is 11.3 Å². The number of rotatable bonds is 4. The van der Waals surface area contributed by atoms with E-state index in [4.69, 9.17) is 8.83 Å². The maximum absolute atomic E-state index is 12.2. The molecular formula is C20H15N3O3. The second-order valence-corrected chi connectivity index (χ2v) is 5.66. The van der Waals surface area contributed by atoms with E-state index < -0.39 is 0 Å². The Labute approximate surface area is 149 Å². The first-order chi connectivity index (χ1) is 12.7. The zero-order chi connectivity index (χ0) is 17.9. The molecular weight excluding hydrogens is 330 g/mol. The number of benzene rings is 1. The molecule has 26 heavy (non-hydrogen) atoms. The number of carbonyl (C=O) groups excluding carboxylic acids is 1. The van der Waals surface area contributed by atoms with E-state index in [0.717, 1.165) is 11.1 Å². The number of aromatic nitrogens is 2. The van der Waals surface area contributed by atoms with Crippen LogP contribution in [0, 0.1) is 6.92 Å². The second kappa shape index (κ2) is 6.68. The van der Waals surface area contributed by atoms with Crippen molar-refractivity contribution < 1.29 is 13.6 Å². The van der Waals surface area contributed by atoms with Gasteiger partial charge in [-0.25, -0.2) is 4.98 Å². The maximum atomic E-state index is 12.2. The highest BCUT2D eigenvalue weighted by Gasteiger charge is 2.13. The average molecular weight is 345 g/mol. The summed E-state index contributed by atoms with van der Waals surface area (Å²) in [5, 5.41) is 2.86. The number of nitrogens with one attached hydrogen (secondary N) is 1. The maximum Gasteiger partial charge on any atom is 0.248 e.